The number of Topliss-reactive ketones (excluding diaryl/α,β-unsaturated/α-hetero) is 1. The molecule has 7 heteroatoms. The van der Waals surface area contributed by atoms with Crippen molar-refractivity contribution in [3.63, 3.8) is 0 Å². The third kappa shape index (κ3) is 2.08. The molecule has 1 aromatic rings. The molecule has 0 radical (unpaired) electrons. The number of anilines is 1. The molecule has 0 aromatic heterocycles. The minimum absolute atomic E-state index is 0.269. The normalized spacial score (nSPS) is 13.8. The van der Waals surface area contributed by atoms with Gasteiger partial charge in [-0.05, 0) is 28.1 Å². The Morgan fingerprint density at radius 3 is 2.61 bits per heavy atom. The average molecular weight is 377 g/mol. The number of carbonyl (C=O) groups excluding carboxylic acids is 3. The van der Waals surface area contributed by atoms with Gasteiger partial charge in [0.2, 0.25) is 0 Å². The molecule has 18 heavy (non-hydrogen) atoms. The SMILES string of the molecule is COC(=O)CN1C(=O)C(=O)c2cc(Br)cc(Br)c21. The molecule has 0 saturated heterocycles. The third-order valence-electron chi connectivity index (χ3n) is 2.50. The maximum Gasteiger partial charge on any atom is 0.325 e. The maximum atomic E-state index is 11.8. The number of amides is 1. The molecule has 1 aliphatic heterocycles. The topological polar surface area (TPSA) is 63.7 Å². The Balaban J connectivity index is 2.51. The van der Waals surface area contributed by atoms with E-state index in [9.17, 15) is 14.4 Å². The van der Waals surface area contributed by atoms with E-state index in [2.05, 4.69) is 36.6 Å². The lowest BCUT2D eigenvalue weighted by atomic mass is 10.1. The van der Waals surface area contributed by atoms with Crippen LogP contribution in [0.1, 0.15) is 10.4 Å². The lowest BCUT2D eigenvalue weighted by molar-refractivity contribution is -0.139. The fourth-order valence-corrected chi connectivity index (χ4v) is 3.14. The van der Waals surface area contributed by atoms with E-state index in [1.807, 2.05) is 0 Å². The van der Waals surface area contributed by atoms with Crippen LogP contribution in [0.25, 0.3) is 0 Å². The van der Waals surface area contributed by atoms with Crippen molar-refractivity contribution in [2.75, 3.05) is 18.6 Å². The second-order valence-electron chi connectivity index (χ2n) is 3.58. The molecule has 1 amide bonds. The van der Waals surface area contributed by atoms with Gasteiger partial charge in [-0.25, -0.2) is 0 Å². The predicted molar refractivity (Wildman–Crippen MR) is 70.5 cm³/mol. The van der Waals surface area contributed by atoms with Crippen molar-refractivity contribution in [1.82, 2.24) is 0 Å². The summed E-state index contributed by atoms with van der Waals surface area (Å²) in [5.41, 5.74) is 0.670. The zero-order chi connectivity index (χ0) is 13.4. The Morgan fingerprint density at radius 2 is 2.00 bits per heavy atom. The average Bonchev–Trinajstić information content (AvgIpc) is 2.54. The van der Waals surface area contributed by atoms with E-state index in [4.69, 9.17) is 0 Å². The van der Waals surface area contributed by atoms with Crippen LogP contribution >= 0.6 is 31.9 Å². The summed E-state index contributed by atoms with van der Waals surface area (Å²) in [6.45, 7) is -0.283. The number of nitrogens with zero attached hydrogens (tertiary/aromatic N) is 1. The number of methoxy groups -OCH3 is 1. The summed E-state index contributed by atoms with van der Waals surface area (Å²) in [6.07, 6.45) is 0. The quantitative estimate of drug-likeness (QED) is 0.584. The number of esters is 1. The highest BCUT2D eigenvalue weighted by atomic mass is 79.9. The molecule has 0 aliphatic carbocycles. The minimum atomic E-state index is -0.728. The summed E-state index contributed by atoms with van der Waals surface area (Å²) in [6, 6.07) is 3.26. The first-order chi connectivity index (χ1) is 8.45. The van der Waals surface area contributed by atoms with Crippen LogP contribution in [0.3, 0.4) is 0 Å². The van der Waals surface area contributed by atoms with E-state index in [0.29, 0.717) is 14.6 Å². The molecular formula is C11H7Br2NO4. The highest BCUT2D eigenvalue weighted by molar-refractivity contribution is 9.11. The summed E-state index contributed by atoms with van der Waals surface area (Å²) in [4.78, 5) is 36.0. The van der Waals surface area contributed by atoms with E-state index in [1.54, 1.807) is 12.1 Å². The minimum Gasteiger partial charge on any atom is -0.468 e. The summed E-state index contributed by atoms with van der Waals surface area (Å²) in [5.74, 6) is -1.94. The van der Waals surface area contributed by atoms with Crippen LogP contribution in [0.2, 0.25) is 0 Å². The van der Waals surface area contributed by atoms with E-state index in [-0.39, 0.29) is 12.1 Å². The molecule has 0 unspecified atom stereocenters. The summed E-state index contributed by atoms with van der Waals surface area (Å²) >= 11 is 6.52. The Hall–Kier alpha value is -1.21. The number of hydrogen-bond donors (Lipinski definition) is 0. The van der Waals surface area contributed by atoms with Crippen molar-refractivity contribution < 1.29 is 19.1 Å². The van der Waals surface area contributed by atoms with E-state index in [0.717, 1.165) is 4.90 Å². The largest absolute Gasteiger partial charge is 0.468 e. The summed E-state index contributed by atoms with van der Waals surface area (Å²) in [5, 5.41) is 0. The van der Waals surface area contributed by atoms with Crippen LogP contribution in [-0.4, -0.2) is 31.3 Å². The van der Waals surface area contributed by atoms with E-state index in [1.165, 1.54) is 7.11 Å². The van der Waals surface area contributed by atoms with Crippen molar-refractivity contribution >= 4 is 55.2 Å². The van der Waals surface area contributed by atoms with Gasteiger partial charge in [-0.2, -0.15) is 0 Å². The highest BCUT2D eigenvalue weighted by Gasteiger charge is 2.38. The first-order valence-corrected chi connectivity index (χ1v) is 6.46. The zero-order valence-electron chi connectivity index (χ0n) is 9.20. The molecule has 0 atom stereocenters. The Morgan fingerprint density at radius 1 is 1.33 bits per heavy atom. The maximum absolute atomic E-state index is 11.8. The second kappa shape index (κ2) is 4.81. The molecule has 1 heterocycles. The van der Waals surface area contributed by atoms with Gasteiger partial charge in [0.1, 0.15) is 6.54 Å². The van der Waals surface area contributed by atoms with E-state index < -0.39 is 17.7 Å². The molecule has 94 valence electrons. The van der Waals surface area contributed by atoms with Gasteiger partial charge < -0.3 is 4.74 Å². The van der Waals surface area contributed by atoms with Crippen LogP contribution < -0.4 is 4.90 Å². The summed E-state index contributed by atoms with van der Waals surface area (Å²) in [7, 11) is 1.22. The Kier molecular flexibility index (Phi) is 3.54. The van der Waals surface area contributed by atoms with Crippen molar-refractivity contribution in [3.05, 3.63) is 26.6 Å². The molecule has 0 bridgehead atoms. The number of halogens is 2. The van der Waals surface area contributed by atoms with Gasteiger partial charge in [0.05, 0.1) is 18.4 Å². The monoisotopic (exact) mass is 375 g/mol. The molecule has 0 saturated carbocycles. The molecule has 0 fully saturated rings. The smallest absolute Gasteiger partial charge is 0.325 e. The number of hydrogen-bond acceptors (Lipinski definition) is 4. The van der Waals surface area contributed by atoms with Gasteiger partial charge in [-0.1, -0.05) is 15.9 Å². The van der Waals surface area contributed by atoms with Crippen LogP contribution in [0.5, 0.6) is 0 Å². The van der Waals surface area contributed by atoms with Crippen LogP contribution in [0, 0.1) is 0 Å². The third-order valence-corrected chi connectivity index (χ3v) is 3.56. The van der Waals surface area contributed by atoms with Gasteiger partial charge in [-0.15, -0.1) is 0 Å². The Bertz CT molecular complexity index is 570. The highest BCUT2D eigenvalue weighted by Crippen LogP contribution is 2.38. The Labute approximate surface area is 119 Å². The second-order valence-corrected chi connectivity index (χ2v) is 5.35. The molecule has 2 rings (SSSR count). The predicted octanol–water partition coefficient (Wildman–Crippen LogP) is 1.91. The first kappa shape index (κ1) is 13.2. The number of carbonyl (C=O) groups is 3. The lowest BCUT2D eigenvalue weighted by Gasteiger charge is -2.16. The van der Waals surface area contributed by atoms with Crippen LogP contribution in [0.4, 0.5) is 5.69 Å². The number of fused-ring (bicyclic) bond motifs is 1. The van der Waals surface area contributed by atoms with Gasteiger partial charge in [0.15, 0.2) is 0 Å². The van der Waals surface area contributed by atoms with Crippen molar-refractivity contribution in [2.24, 2.45) is 0 Å². The molecule has 0 N–H and O–H groups in total. The zero-order valence-corrected chi connectivity index (χ0v) is 12.4. The van der Waals surface area contributed by atoms with E-state index >= 15 is 0 Å². The standard InChI is InChI=1S/C11H7Br2NO4/c1-18-8(15)4-14-9-6(10(16)11(14)17)2-5(12)3-7(9)13/h2-3H,4H2,1H3. The molecular weight excluding hydrogens is 370 g/mol. The lowest BCUT2D eigenvalue weighted by Crippen LogP contribution is -2.35. The molecule has 1 aromatic carbocycles. The molecule has 0 spiro atoms. The van der Waals surface area contributed by atoms with Crippen LogP contribution in [0.15, 0.2) is 21.1 Å². The van der Waals surface area contributed by atoms with Gasteiger partial charge in [0.25, 0.3) is 11.7 Å². The van der Waals surface area contributed by atoms with Crippen molar-refractivity contribution in [2.45, 2.75) is 0 Å². The fourth-order valence-electron chi connectivity index (χ4n) is 1.70. The number of rotatable bonds is 2. The van der Waals surface area contributed by atoms with Crippen molar-refractivity contribution in [1.29, 1.82) is 0 Å². The van der Waals surface area contributed by atoms with Gasteiger partial charge in [-0.3, -0.25) is 19.3 Å². The molecule has 5 nitrogen and oxygen atoms in total. The number of benzene rings is 1. The van der Waals surface area contributed by atoms with Crippen molar-refractivity contribution in [3.8, 4) is 0 Å². The summed E-state index contributed by atoms with van der Waals surface area (Å²) < 4.78 is 5.75. The van der Waals surface area contributed by atoms with Gasteiger partial charge >= 0.3 is 5.97 Å². The van der Waals surface area contributed by atoms with Gasteiger partial charge in [0, 0.05) is 8.95 Å². The first-order valence-electron chi connectivity index (χ1n) is 4.87. The fraction of sp³-hybridized carbons (Fsp3) is 0.182. The number of ketones is 1. The molecule has 1 aliphatic rings. The van der Waals surface area contributed by atoms with Crippen LogP contribution in [-0.2, 0) is 14.3 Å². The number of ether oxygens (including phenoxy) is 1.